The summed E-state index contributed by atoms with van der Waals surface area (Å²) in [7, 11) is 0. The second-order valence-corrected chi connectivity index (χ2v) is 10.4. The van der Waals surface area contributed by atoms with Crippen LogP contribution in [0.3, 0.4) is 0 Å². The fourth-order valence-corrected chi connectivity index (χ4v) is 5.53. The van der Waals surface area contributed by atoms with E-state index in [-0.39, 0.29) is 37.2 Å². The molecule has 4 nitrogen and oxygen atoms in total. The summed E-state index contributed by atoms with van der Waals surface area (Å²) in [5.74, 6) is -2.39. The first-order valence-corrected chi connectivity index (χ1v) is 13.2. The molecule has 0 spiro atoms. The molecule has 0 saturated carbocycles. The van der Waals surface area contributed by atoms with Gasteiger partial charge in [-0.2, -0.15) is 18.3 Å². The predicted molar refractivity (Wildman–Crippen MR) is 141 cm³/mol. The van der Waals surface area contributed by atoms with Crippen molar-refractivity contribution >= 4 is 5.78 Å². The minimum atomic E-state index is -4.60. The molecule has 1 aliphatic rings. The third-order valence-corrected chi connectivity index (χ3v) is 7.32. The summed E-state index contributed by atoms with van der Waals surface area (Å²) in [5.41, 5.74) is 3.33. The molecule has 0 aliphatic heterocycles. The second kappa shape index (κ2) is 11.3. The highest BCUT2D eigenvalue weighted by Gasteiger charge is 2.39. The Labute approximate surface area is 228 Å². The molecule has 0 N–H and O–H groups in total. The molecule has 2 aromatic carbocycles. The number of carbonyl (C=O) groups is 1. The SMILES string of the molecule is Cc1ccc(-c2cccnc2C(CC(=O)Cn2nc(C(F)(F)F)c3c2CCCC3)Cc2cc(F)cc(F)c2)cc1. The molecule has 2 aromatic heterocycles. The molecule has 0 radical (unpaired) electrons. The van der Waals surface area contributed by atoms with E-state index in [1.807, 2.05) is 37.3 Å². The maximum absolute atomic E-state index is 14.0. The van der Waals surface area contributed by atoms with Crippen molar-refractivity contribution in [1.29, 1.82) is 0 Å². The first-order valence-electron chi connectivity index (χ1n) is 13.2. The average Bonchev–Trinajstić information content (AvgIpc) is 3.27. The Bertz CT molecular complexity index is 1500. The van der Waals surface area contributed by atoms with Gasteiger partial charge in [-0.05, 0) is 68.4 Å². The number of rotatable bonds is 8. The Morgan fingerprint density at radius 3 is 2.40 bits per heavy atom. The smallest absolute Gasteiger partial charge is 0.298 e. The molecular formula is C31H28F5N3O. The number of ketones is 1. The predicted octanol–water partition coefficient (Wildman–Crippen LogP) is 7.42. The van der Waals surface area contributed by atoms with E-state index in [0.717, 1.165) is 29.2 Å². The minimum Gasteiger partial charge on any atom is -0.298 e. The maximum atomic E-state index is 14.0. The van der Waals surface area contributed by atoms with E-state index in [1.54, 1.807) is 12.3 Å². The number of benzene rings is 2. The summed E-state index contributed by atoms with van der Waals surface area (Å²) < 4.78 is 70.3. The zero-order chi connectivity index (χ0) is 28.4. The lowest BCUT2D eigenvalue weighted by molar-refractivity contribution is -0.142. The van der Waals surface area contributed by atoms with Crippen LogP contribution in [0, 0.1) is 18.6 Å². The van der Waals surface area contributed by atoms with Crippen LogP contribution in [0.5, 0.6) is 0 Å². The number of aryl methyl sites for hydroxylation is 1. The van der Waals surface area contributed by atoms with E-state index in [2.05, 4.69) is 10.1 Å². The highest BCUT2D eigenvalue weighted by Crippen LogP contribution is 2.37. The van der Waals surface area contributed by atoms with Crippen molar-refractivity contribution in [2.24, 2.45) is 0 Å². The Hall–Kier alpha value is -3.88. The number of Topliss-reactive ketones (excluding diaryl/α,β-unsaturated/α-hetero) is 1. The van der Waals surface area contributed by atoms with Crippen LogP contribution in [0.2, 0.25) is 0 Å². The molecule has 0 saturated heterocycles. The van der Waals surface area contributed by atoms with Gasteiger partial charge in [0, 0.05) is 41.4 Å². The van der Waals surface area contributed by atoms with Crippen molar-refractivity contribution in [2.75, 3.05) is 0 Å². The molecule has 5 rings (SSSR count). The van der Waals surface area contributed by atoms with Gasteiger partial charge in [-0.1, -0.05) is 35.9 Å². The van der Waals surface area contributed by atoms with Crippen molar-refractivity contribution in [3.8, 4) is 11.1 Å². The number of carbonyl (C=O) groups excluding carboxylic acids is 1. The van der Waals surface area contributed by atoms with Gasteiger partial charge in [-0.15, -0.1) is 0 Å². The van der Waals surface area contributed by atoms with Crippen LogP contribution in [0.15, 0.2) is 60.8 Å². The van der Waals surface area contributed by atoms with Crippen molar-refractivity contribution in [1.82, 2.24) is 14.8 Å². The third-order valence-electron chi connectivity index (χ3n) is 7.32. The molecule has 1 unspecified atom stereocenters. The van der Waals surface area contributed by atoms with Crippen LogP contribution in [-0.2, 0) is 36.8 Å². The molecule has 4 aromatic rings. The molecule has 0 bridgehead atoms. The monoisotopic (exact) mass is 553 g/mol. The van der Waals surface area contributed by atoms with E-state index in [9.17, 15) is 26.7 Å². The van der Waals surface area contributed by atoms with Gasteiger partial charge in [0.1, 0.15) is 11.6 Å². The van der Waals surface area contributed by atoms with Gasteiger partial charge >= 0.3 is 6.18 Å². The topological polar surface area (TPSA) is 47.8 Å². The zero-order valence-electron chi connectivity index (χ0n) is 21.9. The first-order chi connectivity index (χ1) is 19.1. The number of alkyl halides is 3. The van der Waals surface area contributed by atoms with Crippen LogP contribution in [0.25, 0.3) is 11.1 Å². The van der Waals surface area contributed by atoms with E-state index in [4.69, 9.17) is 0 Å². The van der Waals surface area contributed by atoms with Crippen LogP contribution in [0.4, 0.5) is 22.0 Å². The van der Waals surface area contributed by atoms with E-state index < -0.39 is 29.4 Å². The van der Waals surface area contributed by atoms with Gasteiger partial charge < -0.3 is 0 Å². The molecule has 1 atom stereocenters. The standard InChI is InChI=1S/C31H28F5N3O/c1-19-8-10-21(11-9-19)26-6-4-12-37-29(26)22(13-20-14-23(32)17-24(33)15-20)16-25(40)18-39-28-7-3-2-5-27(28)30(38-39)31(34,35)36/h4,6,8-12,14-15,17,22H,2-3,5,7,13,16,18H2,1H3. The van der Waals surface area contributed by atoms with Crippen LogP contribution >= 0.6 is 0 Å². The van der Waals surface area contributed by atoms with Gasteiger partial charge in [0.05, 0.1) is 12.2 Å². The summed E-state index contributed by atoms with van der Waals surface area (Å²) in [6, 6.07) is 14.6. The average molecular weight is 554 g/mol. The summed E-state index contributed by atoms with van der Waals surface area (Å²) in [6.07, 6.45) is -0.914. The van der Waals surface area contributed by atoms with Gasteiger partial charge in [-0.3, -0.25) is 14.5 Å². The zero-order valence-corrected chi connectivity index (χ0v) is 21.9. The Kier molecular flexibility index (Phi) is 7.83. The lowest BCUT2D eigenvalue weighted by Gasteiger charge is -2.20. The van der Waals surface area contributed by atoms with E-state index >= 15 is 0 Å². The van der Waals surface area contributed by atoms with Gasteiger partial charge in [-0.25, -0.2) is 8.78 Å². The molecule has 1 aliphatic carbocycles. The molecule has 9 heteroatoms. The third kappa shape index (κ3) is 6.13. The number of pyridine rings is 1. The fourth-order valence-electron chi connectivity index (χ4n) is 5.53. The minimum absolute atomic E-state index is 0.0933. The quantitative estimate of drug-likeness (QED) is 0.214. The Morgan fingerprint density at radius 1 is 1.00 bits per heavy atom. The van der Waals surface area contributed by atoms with E-state index in [0.29, 0.717) is 29.8 Å². The highest BCUT2D eigenvalue weighted by molar-refractivity contribution is 5.80. The first kappa shape index (κ1) is 27.7. The summed E-state index contributed by atoms with van der Waals surface area (Å²) >= 11 is 0. The van der Waals surface area contributed by atoms with E-state index in [1.165, 1.54) is 16.8 Å². The largest absolute Gasteiger partial charge is 0.435 e. The van der Waals surface area contributed by atoms with Crippen LogP contribution in [0.1, 0.15) is 59.0 Å². The second-order valence-electron chi connectivity index (χ2n) is 10.4. The Morgan fingerprint density at radius 2 is 1.70 bits per heavy atom. The lowest BCUT2D eigenvalue weighted by Crippen LogP contribution is -2.19. The summed E-state index contributed by atoms with van der Waals surface area (Å²) in [4.78, 5) is 18.0. The number of fused-ring (bicyclic) bond motifs is 1. The van der Waals surface area contributed by atoms with Gasteiger partial charge in [0.2, 0.25) is 0 Å². The number of hydrogen-bond donors (Lipinski definition) is 0. The molecule has 40 heavy (non-hydrogen) atoms. The van der Waals surface area contributed by atoms with Crippen molar-refractivity contribution in [3.05, 3.63) is 106 Å². The van der Waals surface area contributed by atoms with Crippen LogP contribution in [-0.4, -0.2) is 20.5 Å². The summed E-state index contributed by atoms with van der Waals surface area (Å²) in [5, 5.41) is 3.82. The molecule has 2 heterocycles. The molecule has 0 fully saturated rings. The van der Waals surface area contributed by atoms with Gasteiger partial charge in [0.25, 0.3) is 0 Å². The molecule has 208 valence electrons. The van der Waals surface area contributed by atoms with Crippen molar-refractivity contribution in [3.63, 3.8) is 0 Å². The number of halogens is 5. The Balaban J connectivity index is 1.49. The fraction of sp³-hybridized carbons (Fsp3) is 0.323. The van der Waals surface area contributed by atoms with Crippen molar-refractivity contribution in [2.45, 2.75) is 64.1 Å². The maximum Gasteiger partial charge on any atom is 0.435 e. The number of nitrogens with zero attached hydrogens (tertiary/aromatic N) is 3. The van der Waals surface area contributed by atoms with Crippen LogP contribution < -0.4 is 0 Å². The molecular weight excluding hydrogens is 525 g/mol. The highest BCUT2D eigenvalue weighted by atomic mass is 19.4. The lowest BCUT2D eigenvalue weighted by atomic mass is 9.86. The molecule has 0 amide bonds. The van der Waals surface area contributed by atoms with Gasteiger partial charge in [0.15, 0.2) is 11.5 Å². The number of hydrogen-bond acceptors (Lipinski definition) is 3. The van der Waals surface area contributed by atoms with Crippen molar-refractivity contribution < 1.29 is 26.7 Å². The normalized spacial score (nSPS) is 14.2. The summed E-state index contributed by atoms with van der Waals surface area (Å²) in [6.45, 7) is 1.64. The number of aromatic nitrogens is 3.